The number of para-hydroxylation sites is 1. The Bertz CT molecular complexity index is 737. The first-order valence-electron chi connectivity index (χ1n) is 6.32. The van der Waals surface area contributed by atoms with Crippen LogP contribution in [0.2, 0.25) is 0 Å². The molecule has 0 spiro atoms. The summed E-state index contributed by atoms with van der Waals surface area (Å²) in [6.07, 6.45) is 0. The highest BCUT2D eigenvalue weighted by Gasteiger charge is 2.11. The topological polar surface area (TPSA) is 59.1 Å². The monoisotopic (exact) mass is 282 g/mol. The van der Waals surface area contributed by atoms with Gasteiger partial charge in [0, 0.05) is 23.1 Å². The largest absolute Gasteiger partial charge is 0.507 e. The predicted octanol–water partition coefficient (Wildman–Crippen LogP) is 3.64. The predicted molar refractivity (Wildman–Crippen MR) is 82.5 cm³/mol. The fraction of sp³-hybridized carbons (Fsp3) is 0.0625. The van der Waals surface area contributed by atoms with E-state index in [1.807, 2.05) is 41.8 Å². The minimum Gasteiger partial charge on any atom is -0.507 e. The molecule has 1 aromatic heterocycles. The number of hydrogen-bond acceptors (Lipinski definition) is 4. The van der Waals surface area contributed by atoms with E-state index in [1.165, 1.54) is 0 Å². The number of phenols is 1. The van der Waals surface area contributed by atoms with Gasteiger partial charge >= 0.3 is 0 Å². The summed E-state index contributed by atoms with van der Waals surface area (Å²) in [7, 11) is 0. The molecule has 3 rings (SSSR count). The van der Waals surface area contributed by atoms with Crippen molar-refractivity contribution in [1.82, 2.24) is 4.98 Å². The molecule has 3 aromatic rings. The van der Waals surface area contributed by atoms with E-state index >= 15 is 0 Å². The van der Waals surface area contributed by atoms with Gasteiger partial charge in [0.2, 0.25) is 0 Å². The van der Waals surface area contributed by atoms with Gasteiger partial charge in [-0.05, 0) is 17.7 Å². The normalized spacial score (nSPS) is 10.7. The van der Waals surface area contributed by atoms with E-state index in [4.69, 9.17) is 5.73 Å². The molecule has 2 aromatic carbocycles. The molecule has 0 aliphatic carbocycles. The van der Waals surface area contributed by atoms with E-state index < -0.39 is 0 Å². The van der Waals surface area contributed by atoms with Crippen LogP contribution in [0.5, 0.6) is 5.75 Å². The Balaban J connectivity index is 2.05. The molecule has 1 heterocycles. The van der Waals surface area contributed by atoms with Gasteiger partial charge in [-0.15, -0.1) is 11.3 Å². The van der Waals surface area contributed by atoms with Crippen LogP contribution in [-0.4, -0.2) is 10.1 Å². The van der Waals surface area contributed by atoms with Crippen molar-refractivity contribution in [2.45, 2.75) is 6.54 Å². The zero-order chi connectivity index (χ0) is 13.9. The number of aromatic hydroxyl groups is 1. The highest BCUT2D eigenvalue weighted by molar-refractivity contribution is 7.13. The molecule has 0 aliphatic rings. The van der Waals surface area contributed by atoms with Crippen molar-refractivity contribution in [2.24, 2.45) is 5.73 Å². The molecule has 0 bridgehead atoms. The van der Waals surface area contributed by atoms with Gasteiger partial charge in [-0.25, -0.2) is 4.98 Å². The molecule has 0 radical (unpaired) electrons. The molecule has 20 heavy (non-hydrogen) atoms. The second-order valence-electron chi connectivity index (χ2n) is 4.42. The quantitative estimate of drug-likeness (QED) is 0.771. The van der Waals surface area contributed by atoms with Crippen LogP contribution in [0.4, 0.5) is 0 Å². The summed E-state index contributed by atoms with van der Waals surface area (Å²) in [5.74, 6) is 0.247. The lowest BCUT2D eigenvalue weighted by atomic mass is 10.1. The average molecular weight is 282 g/mol. The number of nitrogens with two attached hydrogens (primary N) is 1. The fourth-order valence-electron chi connectivity index (χ4n) is 2.12. The lowest BCUT2D eigenvalue weighted by Crippen LogP contribution is -1.98. The number of benzene rings is 2. The summed E-state index contributed by atoms with van der Waals surface area (Å²) >= 11 is 1.56. The zero-order valence-electron chi connectivity index (χ0n) is 10.8. The molecule has 0 aliphatic heterocycles. The number of phenolic OH excluding ortho intramolecular Hbond substituents is 1. The zero-order valence-corrected chi connectivity index (χ0v) is 11.6. The minimum absolute atomic E-state index is 0.247. The van der Waals surface area contributed by atoms with Gasteiger partial charge < -0.3 is 10.8 Å². The highest BCUT2D eigenvalue weighted by atomic mass is 32.1. The van der Waals surface area contributed by atoms with Crippen LogP contribution in [-0.2, 0) is 6.54 Å². The molecule has 100 valence electrons. The minimum atomic E-state index is 0.247. The van der Waals surface area contributed by atoms with E-state index in [9.17, 15) is 5.11 Å². The third kappa shape index (κ3) is 2.31. The molecule has 0 saturated heterocycles. The smallest absolute Gasteiger partial charge is 0.125 e. The van der Waals surface area contributed by atoms with Crippen LogP contribution < -0.4 is 5.73 Å². The van der Waals surface area contributed by atoms with Crippen LogP contribution in [0.25, 0.3) is 21.8 Å². The van der Waals surface area contributed by atoms with Crippen LogP contribution >= 0.6 is 11.3 Å². The fourth-order valence-corrected chi connectivity index (χ4v) is 3.00. The molecular weight excluding hydrogens is 268 g/mol. The van der Waals surface area contributed by atoms with Crippen molar-refractivity contribution in [3.8, 4) is 27.6 Å². The first kappa shape index (κ1) is 12.8. The van der Waals surface area contributed by atoms with Gasteiger partial charge in [0.25, 0.3) is 0 Å². The maximum atomic E-state index is 9.89. The summed E-state index contributed by atoms with van der Waals surface area (Å²) < 4.78 is 0. The second kappa shape index (κ2) is 5.45. The Labute approximate surface area is 121 Å². The summed E-state index contributed by atoms with van der Waals surface area (Å²) in [5, 5.41) is 12.8. The first-order chi connectivity index (χ1) is 9.79. The molecule has 3 N–H and O–H groups in total. The van der Waals surface area contributed by atoms with Crippen LogP contribution in [0, 0.1) is 0 Å². The third-order valence-corrected chi connectivity index (χ3v) is 4.03. The number of rotatable bonds is 3. The van der Waals surface area contributed by atoms with Crippen molar-refractivity contribution in [2.75, 3.05) is 0 Å². The molecule has 0 fully saturated rings. The Morgan fingerprint density at radius 2 is 1.70 bits per heavy atom. The van der Waals surface area contributed by atoms with E-state index in [0.717, 1.165) is 27.4 Å². The molecule has 0 unspecified atom stereocenters. The van der Waals surface area contributed by atoms with Crippen molar-refractivity contribution >= 4 is 11.3 Å². The number of hydrogen-bond donors (Lipinski definition) is 2. The second-order valence-corrected chi connectivity index (χ2v) is 5.27. The summed E-state index contributed by atoms with van der Waals surface area (Å²) in [6, 6.07) is 15.2. The maximum absolute atomic E-state index is 9.89. The van der Waals surface area contributed by atoms with E-state index in [2.05, 4.69) is 4.98 Å². The van der Waals surface area contributed by atoms with Gasteiger partial charge in [0.15, 0.2) is 0 Å². The van der Waals surface area contributed by atoms with Gasteiger partial charge in [-0.3, -0.25) is 0 Å². The molecule has 0 atom stereocenters. The van der Waals surface area contributed by atoms with Gasteiger partial charge in [-0.1, -0.05) is 36.4 Å². The lowest BCUT2D eigenvalue weighted by molar-refractivity contribution is 0.477. The molecular formula is C16H14N2OS. The van der Waals surface area contributed by atoms with Crippen LogP contribution in [0.15, 0.2) is 53.9 Å². The maximum Gasteiger partial charge on any atom is 0.125 e. The average Bonchev–Trinajstić information content (AvgIpc) is 2.97. The van der Waals surface area contributed by atoms with Gasteiger partial charge in [0.05, 0.1) is 5.69 Å². The summed E-state index contributed by atoms with van der Waals surface area (Å²) in [6.45, 7) is 0.488. The van der Waals surface area contributed by atoms with Crippen molar-refractivity contribution < 1.29 is 5.11 Å². The van der Waals surface area contributed by atoms with Crippen molar-refractivity contribution in [1.29, 1.82) is 0 Å². The Hall–Kier alpha value is -2.17. The van der Waals surface area contributed by atoms with Gasteiger partial charge in [-0.2, -0.15) is 0 Å². The van der Waals surface area contributed by atoms with Gasteiger partial charge in [0.1, 0.15) is 10.8 Å². The first-order valence-corrected chi connectivity index (χ1v) is 7.20. The summed E-state index contributed by atoms with van der Waals surface area (Å²) in [4.78, 5) is 4.62. The summed E-state index contributed by atoms with van der Waals surface area (Å²) in [5.41, 5.74) is 9.44. The van der Waals surface area contributed by atoms with Crippen LogP contribution in [0.1, 0.15) is 5.56 Å². The number of nitrogens with zero attached hydrogens (tertiary/aromatic N) is 1. The van der Waals surface area contributed by atoms with Crippen molar-refractivity contribution in [3.63, 3.8) is 0 Å². The number of aromatic nitrogens is 1. The third-order valence-electron chi connectivity index (χ3n) is 3.15. The highest BCUT2D eigenvalue weighted by Crippen LogP contribution is 2.34. The SMILES string of the molecule is NCc1ccccc1-c1nc(-c2ccccc2O)cs1. The van der Waals surface area contributed by atoms with Crippen LogP contribution in [0.3, 0.4) is 0 Å². The molecule has 0 amide bonds. The van der Waals surface area contributed by atoms with Crippen molar-refractivity contribution in [3.05, 3.63) is 59.5 Å². The standard InChI is InChI=1S/C16H14N2OS/c17-9-11-5-1-2-6-12(11)16-18-14(10-20-16)13-7-3-4-8-15(13)19/h1-8,10,19H,9,17H2. The molecule has 4 heteroatoms. The van der Waals surface area contributed by atoms with E-state index in [-0.39, 0.29) is 5.75 Å². The van der Waals surface area contributed by atoms with E-state index in [1.54, 1.807) is 23.5 Å². The molecule has 3 nitrogen and oxygen atoms in total. The molecule has 0 saturated carbocycles. The number of thiazole rings is 1. The Morgan fingerprint density at radius 1 is 1.00 bits per heavy atom. The Kier molecular flexibility index (Phi) is 3.50. The van der Waals surface area contributed by atoms with E-state index in [0.29, 0.717) is 6.54 Å². The lowest BCUT2D eigenvalue weighted by Gasteiger charge is -2.04. The Morgan fingerprint density at radius 3 is 2.45 bits per heavy atom.